The summed E-state index contributed by atoms with van der Waals surface area (Å²) in [5, 5.41) is 0. The van der Waals surface area contributed by atoms with E-state index in [9.17, 15) is 12.8 Å². The Balaban J connectivity index is 2.45. The third-order valence-electron chi connectivity index (χ3n) is 3.57. The summed E-state index contributed by atoms with van der Waals surface area (Å²) in [6, 6.07) is 3.79. The van der Waals surface area contributed by atoms with Crippen LogP contribution in [0.25, 0.3) is 0 Å². The number of hydrogen-bond acceptors (Lipinski definition) is 2. The van der Waals surface area contributed by atoms with E-state index < -0.39 is 21.4 Å². The first-order chi connectivity index (χ1) is 8.79. The summed E-state index contributed by atoms with van der Waals surface area (Å²) >= 11 is 5.62. The number of benzene rings is 1. The van der Waals surface area contributed by atoms with Gasteiger partial charge >= 0.3 is 0 Å². The largest absolute Gasteiger partial charge is 0.243 e. The SMILES string of the molecule is CC1(C)CCCN1S(=O)(=O)c1ccc(F)c(CCl)c1. The maximum absolute atomic E-state index is 13.4. The van der Waals surface area contributed by atoms with Crippen LogP contribution in [0.2, 0.25) is 0 Å². The van der Waals surface area contributed by atoms with E-state index in [0.29, 0.717) is 6.54 Å². The molecule has 1 fully saturated rings. The third kappa shape index (κ3) is 2.64. The first kappa shape index (κ1) is 14.8. The summed E-state index contributed by atoms with van der Waals surface area (Å²) in [5.41, 5.74) is -0.186. The lowest BCUT2D eigenvalue weighted by Gasteiger charge is -2.30. The normalized spacial score (nSPS) is 19.8. The molecule has 19 heavy (non-hydrogen) atoms. The molecule has 1 saturated heterocycles. The van der Waals surface area contributed by atoms with E-state index in [1.807, 2.05) is 13.8 Å². The van der Waals surface area contributed by atoms with E-state index >= 15 is 0 Å². The van der Waals surface area contributed by atoms with Gasteiger partial charge in [0.15, 0.2) is 0 Å². The van der Waals surface area contributed by atoms with E-state index in [1.54, 1.807) is 0 Å². The van der Waals surface area contributed by atoms with Crippen molar-refractivity contribution in [3.8, 4) is 0 Å². The summed E-state index contributed by atoms with van der Waals surface area (Å²) in [4.78, 5) is 0.111. The highest BCUT2D eigenvalue weighted by molar-refractivity contribution is 7.89. The van der Waals surface area contributed by atoms with Crippen molar-refractivity contribution in [2.75, 3.05) is 6.54 Å². The first-order valence-corrected chi connectivity index (χ1v) is 8.14. The van der Waals surface area contributed by atoms with Crippen molar-refractivity contribution in [2.24, 2.45) is 0 Å². The summed E-state index contributed by atoms with van der Waals surface area (Å²) in [5.74, 6) is -0.520. The van der Waals surface area contributed by atoms with Crippen LogP contribution in [0.1, 0.15) is 32.3 Å². The lowest BCUT2D eigenvalue weighted by atomic mass is 10.0. The Hall–Kier alpha value is -0.650. The van der Waals surface area contributed by atoms with Gasteiger partial charge in [0.25, 0.3) is 0 Å². The molecule has 3 nitrogen and oxygen atoms in total. The lowest BCUT2D eigenvalue weighted by molar-refractivity contribution is 0.291. The van der Waals surface area contributed by atoms with Crippen LogP contribution in [-0.4, -0.2) is 24.8 Å². The zero-order chi connectivity index (χ0) is 14.3. The molecule has 0 amide bonds. The maximum atomic E-state index is 13.4. The number of hydrogen-bond donors (Lipinski definition) is 0. The molecule has 0 bridgehead atoms. The highest BCUT2D eigenvalue weighted by Crippen LogP contribution is 2.34. The van der Waals surface area contributed by atoms with Crippen LogP contribution in [0.3, 0.4) is 0 Å². The molecule has 0 aromatic heterocycles. The highest BCUT2D eigenvalue weighted by Gasteiger charge is 2.40. The Morgan fingerprint density at radius 2 is 2.11 bits per heavy atom. The van der Waals surface area contributed by atoms with E-state index in [1.165, 1.54) is 16.4 Å². The minimum absolute atomic E-state index is 0.0431. The summed E-state index contributed by atoms with van der Waals surface area (Å²) in [7, 11) is -3.59. The summed E-state index contributed by atoms with van der Waals surface area (Å²) in [6.07, 6.45) is 1.67. The molecule has 0 N–H and O–H groups in total. The quantitative estimate of drug-likeness (QED) is 0.805. The molecule has 0 atom stereocenters. The van der Waals surface area contributed by atoms with Crippen LogP contribution in [0.15, 0.2) is 23.1 Å². The fraction of sp³-hybridized carbons (Fsp3) is 0.538. The minimum atomic E-state index is -3.59. The molecular formula is C13H17ClFNO2S. The topological polar surface area (TPSA) is 37.4 Å². The van der Waals surface area contributed by atoms with Gasteiger partial charge in [-0.25, -0.2) is 12.8 Å². The average molecular weight is 306 g/mol. The standard InChI is InChI=1S/C13H17ClFNO2S/c1-13(2)6-3-7-16(13)19(17,18)11-4-5-12(15)10(8-11)9-14/h4-5,8H,3,6-7,9H2,1-2H3. The van der Waals surface area contributed by atoms with Crippen LogP contribution in [0.5, 0.6) is 0 Å². The molecule has 0 radical (unpaired) electrons. The second-order valence-electron chi connectivity index (χ2n) is 5.38. The van der Waals surface area contributed by atoms with E-state index in [0.717, 1.165) is 18.9 Å². The molecule has 1 aromatic carbocycles. The molecule has 1 heterocycles. The Bertz CT molecular complexity index is 586. The molecule has 1 aliphatic heterocycles. The number of nitrogens with zero attached hydrogens (tertiary/aromatic N) is 1. The van der Waals surface area contributed by atoms with Crippen LogP contribution in [0, 0.1) is 5.82 Å². The number of halogens is 2. The monoisotopic (exact) mass is 305 g/mol. The Labute approximate surface area is 118 Å². The third-order valence-corrected chi connectivity index (χ3v) is 5.97. The van der Waals surface area contributed by atoms with Gasteiger partial charge in [-0.2, -0.15) is 4.31 Å². The smallest absolute Gasteiger partial charge is 0.207 e. The van der Waals surface area contributed by atoms with Gasteiger partial charge in [-0.3, -0.25) is 0 Å². The molecule has 0 unspecified atom stereocenters. The molecule has 1 aromatic rings. The van der Waals surface area contributed by atoms with Crippen LogP contribution >= 0.6 is 11.6 Å². The van der Waals surface area contributed by atoms with Gasteiger partial charge < -0.3 is 0 Å². The van der Waals surface area contributed by atoms with Crippen molar-refractivity contribution < 1.29 is 12.8 Å². The highest BCUT2D eigenvalue weighted by atomic mass is 35.5. The van der Waals surface area contributed by atoms with E-state index in [-0.39, 0.29) is 16.3 Å². The number of rotatable bonds is 3. The molecule has 2 rings (SSSR count). The van der Waals surface area contributed by atoms with Gasteiger partial charge in [-0.1, -0.05) is 0 Å². The van der Waals surface area contributed by atoms with Crippen LogP contribution < -0.4 is 0 Å². The molecule has 6 heteroatoms. The Morgan fingerprint density at radius 1 is 1.42 bits per heavy atom. The summed E-state index contributed by atoms with van der Waals surface area (Å²) in [6.45, 7) is 4.32. The van der Waals surface area contributed by atoms with E-state index in [2.05, 4.69) is 0 Å². The average Bonchev–Trinajstić information content (AvgIpc) is 2.70. The first-order valence-electron chi connectivity index (χ1n) is 6.16. The zero-order valence-corrected chi connectivity index (χ0v) is 12.6. The van der Waals surface area contributed by atoms with Crippen molar-refractivity contribution in [3.63, 3.8) is 0 Å². The second-order valence-corrected chi connectivity index (χ2v) is 7.51. The predicted octanol–water partition coefficient (Wildman–Crippen LogP) is 3.13. The number of alkyl halides is 1. The zero-order valence-electron chi connectivity index (χ0n) is 11.0. The Kier molecular flexibility index (Phi) is 3.91. The van der Waals surface area contributed by atoms with Gasteiger partial charge in [-0.05, 0) is 44.9 Å². The number of sulfonamides is 1. The summed E-state index contributed by atoms with van der Waals surface area (Å²) < 4.78 is 40.1. The van der Waals surface area contributed by atoms with Gasteiger partial charge in [0.1, 0.15) is 5.82 Å². The molecular weight excluding hydrogens is 289 g/mol. The molecule has 106 valence electrons. The molecule has 0 aliphatic carbocycles. The van der Waals surface area contributed by atoms with Crippen molar-refractivity contribution in [1.29, 1.82) is 0 Å². The predicted molar refractivity (Wildman–Crippen MR) is 73.2 cm³/mol. The van der Waals surface area contributed by atoms with Crippen molar-refractivity contribution in [2.45, 2.75) is 43.0 Å². The minimum Gasteiger partial charge on any atom is -0.207 e. The van der Waals surface area contributed by atoms with Crippen LogP contribution in [-0.2, 0) is 15.9 Å². The maximum Gasteiger partial charge on any atom is 0.243 e. The van der Waals surface area contributed by atoms with Crippen molar-refractivity contribution in [3.05, 3.63) is 29.6 Å². The van der Waals surface area contributed by atoms with Gasteiger partial charge in [0, 0.05) is 17.6 Å². The fourth-order valence-corrected chi connectivity index (χ4v) is 4.57. The van der Waals surface area contributed by atoms with Gasteiger partial charge in [0.05, 0.1) is 10.8 Å². The second kappa shape index (κ2) is 5.04. The fourth-order valence-electron chi connectivity index (χ4n) is 2.47. The van der Waals surface area contributed by atoms with Crippen molar-refractivity contribution >= 4 is 21.6 Å². The van der Waals surface area contributed by atoms with Gasteiger partial charge in [0.2, 0.25) is 10.0 Å². The molecule has 0 saturated carbocycles. The van der Waals surface area contributed by atoms with Gasteiger partial charge in [-0.15, -0.1) is 11.6 Å². The van der Waals surface area contributed by atoms with E-state index in [4.69, 9.17) is 11.6 Å². The molecule has 1 aliphatic rings. The Morgan fingerprint density at radius 3 is 2.63 bits per heavy atom. The lowest BCUT2D eigenvalue weighted by Crippen LogP contribution is -2.42. The molecule has 0 spiro atoms. The van der Waals surface area contributed by atoms with Crippen LogP contribution in [0.4, 0.5) is 4.39 Å². The van der Waals surface area contributed by atoms with Crippen molar-refractivity contribution in [1.82, 2.24) is 4.31 Å².